The predicted octanol–water partition coefficient (Wildman–Crippen LogP) is 1.68. The Balaban J connectivity index is 1.54. The summed E-state index contributed by atoms with van der Waals surface area (Å²) in [5.41, 5.74) is 1.90. The van der Waals surface area contributed by atoms with Gasteiger partial charge in [0.25, 0.3) is 0 Å². The van der Waals surface area contributed by atoms with Gasteiger partial charge in [0.1, 0.15) is 0 Å². The lowest BCUT2D eigenvalue weighted by Gasteiger charge is -2.18. The largest absolute Gasteiger partial charge is 0.354 e. The number of para-hydroxylation sites is 1. The van der Waals surface area contributed by atoms with Gasteiger partial charge in [0.2, 0.25) is 5.91 Å². The first-order valence-electron chi connectivity index (χ1n) is 8.51. The molecule has 0 saturated carbocycles. The maximum Gasteiger partial charge on any atom is 0.229 e. The molecule has 1 aliphatic rings. The highest BCUT2D eigenvalue weighted by Crippen LogP contribution is 2.21. The minimum Gasteiger partial charge on any atom is -0.354 e. The fourth-order valence-electron chi connectivity index (χ4n) is 2.81. The van der Waals surface area contributed by atoms with Gasteiger partial charge in [-0.3, -0.25) is 9.79 Å². The van der Waals surface area contributed by atoms with Crippen LogP contribution in [0.25, 0.3) is 0 Å². The van der Waals surface area contributed by atoms with E-state index >= 15 is 0 Å². The average molecular weight is 372 g/mol. The summed E-state index contributed by atoms with van der Waals surface area (Å²) >= 11 is 1.61. The summed E-state index contributed by atoms with van der Waals surface area (Å²) in [6, 6.07) is 9.78. The first-order chi connectivity index (χ1) is 12.6. The number of nitrogens with zero attached hydrogens (tertiary/aromatic N) is 4. The van der Waals surface area contributed by atoms with E-state index in [4.69, 9.17) is 0 Å². The molecular formula is C18H24N6OS. The molecule has 1 fully saturated rings. The van der Waals surface area contributed by atoms with Crippen molar-refractivity contribution < 1.29 is 4.79 Å². The Morgan fingerprint density at radius 3 is 2.81 bits per heavy atom. The van der Waals surface area contributed by atoms with Gasteiger partial charge in [0, 0.05) is 45.2 Å². The molecule has 3 rings (SSSR count). The van der Waals surface area contributed by atoms with E-state index in [2.05, 4.69) is 20.6 Å². The Morgan fingerprint density at radius 1 is 1.38 bits per heavy atom. The van der Waals surface area contributed by atoms with E-state index in [0.717, 1.165) is 16.5 Å². The Kier molecular flexibility index (Phi) is 5.72. The fourth-order valence-corrected chi connectivity index (χ4v) is 3.57. The molecule has 1 atom stereocenters. The van der Waals surface area contributed by atoms with Crippen LogP contribution in [0, 0.1) is 0 Å². The molecule has 2 N–H and O–H groups in total. The van der Waals surface area contributed by atoms with Crippen LogP contribution in [0.3, 0.4) is 0 Å². The van der Waals surface area contributed by atoms with Crippen molar-refractivity contribution in [3.05, 3.63) is 41.4 Å². The van der Waals surface area contributed by atoms with Gasteiger partial charge in [-0.05, 0) is 12.1 Å². The number of anilines is 2. The molecule has 2 heterocycles. The van der Waals surface area contributed by atoms with E-state index in [1.54, 1.807) is 18.4 Å². The molecule has 8 heteroatoms. The minimum absolute atomic E-state index is 0.0293. The van der Waals surface area contributed by atoms with Gasteiger partial charge in [-0.1, -0.05) is 18.2 Å². The van der Waals surface area contributed by atoms with Crippen LogP contribution in [0.5, 0.6) is 0 Å². The molecule has 0 aliphatic carbocycles. The number of hydrogen-bond donors (Lipinski definition) is 2. The number of nitrogens with one attached hydrogen (secondary N) is 2. The van der Waals surface area contributed by atoms with Crippen LogP contribution in [0.2, 0.25) is 0 Å². The summed E-state index contributed by atoms with van der Waals surface area (Å²) in [7, 11) is 5.69. The van der Waals surface area contributed by atoms with Crippen molar-refractivity contribution in [2.24, 2.45) is 4.99 Å². The third-order valence-corrected chi connectivity index (χ3v) is 5.17. The lowest BCUT2D eigenvalue weighted by molar-refractivity contribution is -0.117. The summed E-state index contributed by atoms with van der Waals surface area (Å²) < 4.78 is 0. The first-order valence-corrected chi connectivity index (χ1v) is 9.39. The second-order valence-electron chi connectivity index (χ2n) is 6.33. The highest BCUT2D eigenvalue weighted by molar-refractivity contribution is 7.13. The molecule has 0 spiro atoms. The molecule has 138 valence electrons. The molecule has 1 aromatic heterocycles. The van der Waals surface area contributed by atoms with Crippen molar-refractivity contribution in [3.8, 4) is 0 Å². The van der Waals surface area contributed by atoms with Crippen LogP contribution < -0.4 is 20.4 Å². The van der Waals surface area contributed by atoms with Crippen molar-refractivity contribution in [3.63, 3.8) is 0 Å². The number of guanidine groups is 1. The van der Waals surface area contributed by atoms with Gasteiger partial charge in [-0.25, -0.2) is 4.98 Å². The van der Waals surface area contributed by atoms with Crippen molar-refractivity contribution in [2.45, 2.75) is 19.0 Å². The minimum atomic E-state index is 0.0293. The summed E-state index contributed by atoms with van der Waals surface area (Å²) in [4.78, 5) is 24.9. The van der Waals surface area contributed by atoms with E-state index < -0.39 is 0 Å². The molecular weight excluding hydrogens is 348 g/mol. The van der Waals surface area contributed by atoms with Crippen LogP contribution in [0.15, 0.2) is 40.7 Å². The molecule has 1 aliphatic heterocycles. The number of thiazole rings is 1. The molecule has 0 bridgehead atoms. The highest BCUT2D eigenvalue weighted by atomic mass is 32.1. The number of aromatic nitrogens is 1. The molecule has 2 aromatic rings. The topological polar surface area (TPSA) is 72.9 Å². The molecule has 26 heavy (non-hydrogen) atoms. The normalized spacial score (nSPS) is 17.5. The third kappa shape index (κ3) is 4.32. The fraction of sp³-hybridized carbons (Fsp3) is 0.389. The van der Waals surface area contributed by atoms with E-state index in [0.29, 0.717) is 25.5 Å². The van der Waals surface area contributed by atoms with Crippen LogP contribution in [-0.4, -0.2) is 50.6 Å². The third-order valence-electron chi connectivity index (χ3n) is 4.12. The number of benzene rings is 1. The molecule has 1 amide bonds. The van der Waals surface area contributed by atoms with E-state index in [9.17, 15) is 4.79 Å². The zero-order chi connectivity index (χ0) is 18.5. The maximum absolute atomic E-state index is 12.3. The SMILES string of the molecule is CN=C(NCc1csc(N(C)C)n1)NC1CC(=O)N(c2ccccc2)C1. The predicted molar refractivity (Wildman–Crippen MR) is 107 cm³/mol. The summed E-state index contributed by atoms with van der Waals surface area (Å²) in [5, 5.41) is 9.62. The monoisotopic (exact) mass is 372 g/mol. The van der Waals surface area contributed by atoms with E-state index in [-0.39, 0.29) is 11.9 Å². The Labute approximate surface area is 157 Å². The van der Waals surface area contributed by atoms with Crippen molar-refractivity contribution in [1.82, 2.24) is 15.6 Å². The average Bonchev–Trinajstić information content (AvgIpc) is 3.26. The summed E-state index contributed by atoms with van der Waals surface area (Å²) in [5.74, 6) is 0.802. The zero-order valence-electron chi connectivity index (χ0n) is 15.3. The van der Waals surface area contributed by atoms with Gasteiger partial charge >= 0.3 is 0 Å². The quantitative estimate of drug-likeness (QED) is 0.617. The Bertz CT molecular complexity index is 773. The molecule has 0 radical (unpaired) electrons. The second kappa shape index (κ2) is 8.18. The van der Waals surface area contributed by atoms with Gasteiger partial charge in [0.05, 0.1) is 18.3 Å². The molecule has 1 unspecified atom stereocenters. The number of amides is 1. The van der Waals surface area contributed by atoms with Gasteiger partial charge in [-0.15, -0.1) is 11.3 Å². The Hall–Kier alpha value is -2.61. The number of rotatable bonds is 5. The van der Waals surface area contributed by atoms with Crippen molar-refractivity contribution in [1.29, 1.82) is 0 Å². The van der Waals surface area contributed by atoms with Gasteiger partial charge < -0.3 is 20.4 Å². The smallest absolute Gasteiger partial charge is 0.229 e. The highest BCUT2D eigenvalue weighted by Gasteiger charge is 2.31. The van der Waals surface area contributed by atoms with E-state index in [1.807, 2.05) is 59.6 Å². The number of aliphatic imine (C=N–C) groups is 1. The summed E-state index contributed by atoms with van der Waals surface area (Å²) in [6.45, 7) is 1.22. The number of carbonyl (C=O) groups is 1. The Morgan fingerprint density at radius 2 is 2.15 bits per heavy atom. The lowest BCUT2D eigenvalue weighted by Crippen LogP contribution is -2.44. The maximum atomic E-state index is 12.3. The van der Waals surface area contributed by atoms with Crippen molar-refractivity contribution >= 4 is 34.0 Å². The summed E-state index contributed by atoms with van der Waals surface area (Å²) in [6.07, 6.45) is 0.455. The molecule has 1 aromatic carbocycles. The lowest BCUT2D eigenvalue weighted by atomic mass is 10.2. The van der Waals surface area contributed by atoms with Gasteiger partial charge in [-0.2, -0.15) is 0 Å². The van der Waals surface area contributed by atoms with Crippen LogP contribution in [0.4, 0.5) is 10.8 Å². The standard InChI is InChI=1S/C18H24N6OS/c1-19-17(20-10-14-12-26-18(22-14)23(2)3)21-13-9-16(25)24(11-13)15-7-5-4-6-8-15/h4-8,12-13H,9-11H2,1-3H3,(H2,19,20,21). The first kappa shape index (κ1) is 18.2. The number of carbonyl (C=O) groups excluding carboxylic acids is 1. The van der Waals surface area contributed by atoms with Crippen LogP contribution in [0.1, 0.15) is 12.1 Å². The van der Waals surface area contributed by atoms with Gasteiger partial charge in [0.15, 0.2) is 11.1 Å². The number of hydrogen-bond acceptors (Lipinski definition) is 5. The van der Waals surface area contributed by atoms with Crippen LogP contribution in [-0.2, 0) is 11.3 Å². The van der Waals surface area contributed by atoms with E-state index in [1.165, 1.54) is 0 Å². The van der Waals surface area contributed by atoms with Crippen molar-refractivity contribution in [2.75, 3.05) is 37.5 Å². The second-order valence-corrected chi connectivity index (χ2v) is 7.16. The zero-order valence-corrected chi connectivity index (χ0v) is 16.1. The van der Waals surface area contributed by atoms with Crippen LogP contribution >= 0.6 is 11.3 Å². The molecule has 1 saturated heterocycles. The molecule has 7 nitrogen and oxygen atoms in total.